The fourth-order valence-corrected chi connectivity index (χ4v) is 1.84. The van der Waals surface area contributed by atoms with Crippen molar-refractivity contribution >= 4 is 21.8 Å². The highest BCUT2D eigenvalue weighted by molar-refractivity contribution is 9.10. The Kier molecular flexibility index (Phi) is 6.68. The van der Waals surface area contributed by atoms with Crippen LogP contribution in [-0.4, -0.2) is 25.7 Å². The molecule has 98 valence electrons. The van der Waals surface area contributed by atoms with E-state index in [4.69, 9.17) is 4.74 Å². The van der Waals surface area contributed by atoms with Gasteiger partial charge in [0.15, 0.2) is 0 Å². The van der Waals surface area contributed by atoms with Gasteiger partial charge in [-0.05, 0) is 41.4 Å². The van der Waals surface area contributed by atoms with Crippen molar-refractivity contribution in [3.63, 3.8) is 0 Å². The Morgan fingerprint density at radius 2 is 2.28 bits per heavy atom. The summed E-state index contributed by atoms with van der Waals surface area (Å²) in [5.41, 5.74) is 1.71. The first-order valence-electron chi connectivity index (χ1n) is 5.88. The molecule has 1 aromatic carbocycles. The molecule has 4 heteroatoms. The first-order chi connectivity index (χ1) is 8.65. The summed E-state index contributed by atoms with van der Waals surface area (Å²) in [7, 11) is 0. The predicted molar refractivity (Wildman–Crippen MR) is 76.8 cm³/mol. The molecule has 0 spiro atoms. The van der Waals surface area contributed by atoms with Crippen molar-refractivity contribution in [1.29, 1.82) is 0 Å². The molecule has 0 aliphatic rings. The standard InChI is InChI=1S/C14H18BrNO2/c1-3-4-8-18-9-7-16-14(17)12-10-11(2)5-6-13(12)15/h3,5-6,10H,1,4,7-9H2,2H3,(H,16,17). The van der Waals surface area contributed by atoms with Gasteiger partial charge in [-0.1, -0.05) is 17.7 Å². The lowest BCUT2D eigenvalue weighted by Gasteiger charge is -2.08. The first-order valence-corrected chi connectivity index (χ1v) is 6.67. The molecule has 0 atom stereocenters. The summed E-state index contributed by atoms with van der Waals surface area (Å²) in [6, 6.07) is 5.70. The van der Waals surface area contributed by atoms with Gasteiger partial charge >= 0.3 is 0 Å². The molecule has 1 rings (SSSR count). The summed E-state index contributed by atoms with van der Waals surface area (Å²) < 4.78 is 6.12. The third-order valence-corrected chi connectivity index (χ3v) is 3.06. The van der Waals surface area contributed by atoms with E-state index in [0.29, 0.717) is 25.3 Å². The molecule has 0 aromatic heterocycles. The Morgan fingerprint density at radius 3 is 3.00 bits per heavy atom. The van der Waals surface area contributed by atoms with Crippen molar-refractivity contribution in [2.75, 3.05) is 19.8 Å². The van der Waals surface area contributed by atoms with Crippen molar-refractivity contribution in [2.45, 2.75) is 13.3 Å². The van der Waals surface area contributed by atoms with E-state index in [2.05, 4.69) is 27.8 Å². The molecule has 0 aliphatic carbocycles. The van der Waals surface area contributed by atoms with Crippen molar-refractivity contribution in [3.05, 3.63) is 46.5 Å². The number of ether oxygens (including phenoxy) is 1. The monoisotopic (exact) mass is 311 g/mol. The number of rotatable bonds is 7. The molecule has 0 fully saturated rings. The summed E-state index contributed by atoms with van der Waals surface area (Å²) in [6.07, 6.45) is 2.64. The van der Waals surface area contributed by atoms with E-state index in [1.54, 1.807) is 0 Å². The summed E-state index contributed by atoms with van der Waals surface area (Å²) in [5, 5.41) is 2.82. The predicted octanol–water partition coefficient (Wildman–Crippen LogP) is 3.08. The van der Waals surface area contributed by atoms with Gasteiger partial charge < -0.3 is 10.1 Å². The van der Waals surface area contributed by atoms with E-state index in [9.17, 15) is 4.79 Å². The molecular formula is C14H18BrNO2. The van der Waals surface area contributed by atoms with E-state index in [0.717, 1.165) is 16.5 Å². The number of benzene rings is 1. The van der Waals surface area contributed by atoms with Gasteiger partial charge in [0, 0.05) is 11.0 Å². The maximum absolute atomic E-state index is 11.9. The van der Waals surface area contributed by atoms with Crippen molar-refractivity contribution in [1.82, 2.24) is 5.32 Å². The maximum Gasteiger partial charge on any atom is 0.252 e. The minimum atomic E-state index is -0.0853. The lowest BCUT2D eigenvalue weighted by molar-refractivity contribution is 0.0917. The van der Waals surface area contributed by atoms with E-state index in [1.165, 1.54) is 0 Å². The van der Waals surface area contributed by atoms with Crippen molar-refractivity contribution in [2.24, 2.45) is 0 Å². The number of amides is 1. The molecule has 0 unspecified atom stereocenters. The number of hydrogen-bond donors (Lipinski definition) is 1. The fourth-order valence-electron chi connectivity index (χ4n) is 1.41. The molecule has 0 saturated carbocycles. The van der Waals surface area contributed by atoms with E-state index in [1.807, 2.05) is 31.2 Å². The van der Waals surface area contributed by atoms with Gasteiger partial charge in [-0.2, -0.15) is 0 Å². The molecular weight excluding hydrogens is 294 g/mol. The molecule has 1 amide bonds. The second-order valence-electron chi connectivity index (χ2n) is 3.93. The van der Waals surface area contributed by atoms with Crippen LogP contribution >= 0.6 is 15.9 Å². The molecule has 0 heterocycles. The Hall–Kier alpha value is -1.13. The zero-order valence-corrected chi connectivity index (χ0v) is 12.1. The smallest absolute Gasteiger partial charge is 0.252 e. The van der Waals surface area contributed by atoms with E-state index in [-0.39, 0.29) is 5.91 Å². The minimum Gasteiger partial charge on any atom is -0.379 e. The molecule has 0 bridgehead atoms. The highest BCUT2D eigenvalue weighted by Gasteiger charge is 2.09. The van der Waals surface area contributed by atoms with Gasteiger partial charge in [-0.3, -0.25) is 4.79 Å². The van der Waals surface area contributed by atoms with Gasteiger partial charge in [0.05, 0.1) is 18.8 Å². The third kappa shape index (κ3) is 5.02. The van der Waals surface area contributed by atoms with Crippen LogP contribution in [0.1, 0.15) is 22.3 Å². The average molecular weight is 312 g/mol. The number of hydrogen-bond acceptors (Lipinski definition) is 2. The third-order valence-electron chi connectivity index (χ3n) is 2.36. The van der Waals surface area contributed by atoms with Crippen LogP contribution in [0, 0.1) is 6.92 Å². The van der Waals surface area contributed by atoms with Crippen LogP contribution in [0.5, 0.6) is 0 Å². The molecule has 1 N–H and O–H groups in total. The van der Waals surface area contributed by atoms with Gasteiger partial charge in [-0.25, -0.2) is 0 Å². The number of halogens is 1. The lowest BCUT2D eigenvalue weighted by atomic mass is 10.1. The first kappa shape index (κ1) is 14.9. The summed E-state index contributed by atoms with van der Waals surface area (Å²) in [4.78, 5) is 11.9. The number of nitrogens with one attached hydrogen (secondary N) is 1. The summed E-state index contributed by atoms with van der Waals surface area (Å²) in [5.74, 6) is -0.0853. The van der Waals surface area contributed by atoms with Crippen LogP contribution < -0.4 is 5.32 Å². The second kappa shape index (κ2) is 8.06. The molecule has 1 aromatic rings. The summed E-state index contributed by atoms with van der Waals surface area (Å²) >= 11 is 3.37. The molecule has 3 nitrogen and oxygen atoms in total. The zero-order valence-electron chi connectivity index (χ0n) is 10.5. The Morgan fingerprint density at radius 1 is 1.50 bits per heavy atom. The Balaban J connectivity index is 2.36. The van der Waals surface area contributed by atoms with Crippen molar-refractivity contribution < 1.29 is 9.53 Å². The van der Waals surface area contributed by atoms with Gasteiger partial charge in [0.25, 0.3) is 5.91 Å². The normalized spacial score (nSPS) is 10.1. The van der Waals surface area contributed by atoms with Crippen LogP contribution in [0.25, 0.3) is 0 Å². The fraction of sp³-hybridized carbons (Fsp3) is 0.357. The molecule has 0 aliphatic heterocycles. The van der Waals surface area contributed by atoms with Gasteiger partial charge in [-0.15, -0.1) is 6.58 Å². The zero-order chi connectivity index (χ0) is 13.4. The van der Waals surface area contributed by atoms with Gasteiger partial charge in [0.2, 0.25) is 0 Å². The Labute approximate surface area is 116 Å². The summed E-state index contributed by atoms with van der Waals surface area (Å²) in [6.45, 7) is 7.24. The minimum absolute atomic E-state index is 0.0853. The van der Waals surface area contributed by atoms with Crippen LogP contribution in [0.15, 0.2) is 35.3 Å². The van der Waals surface area contributed by atoms with Crippen LogP contribution in [0.4, 0.5) is 0 Å². The largest absolute Gasteiger partial charge is 0.379 e. The van der Waals surface area contributed by atoms with Crippen LogP contribution in [0.3, 0.4) is 0 Å². The van der Waals surface area contributed by atoms with Crippen LogP contribution in [0.2, 0.25) is 0 Å². The number of carbonyl (C=O) groups excluding carboxylic acids is 1. The highest BCUT2D eigenvalue weighted by Crippen LogP contribution is 2.17. The van der Waals surface area contributed by atoms with E-state index >= 15 is 0 Å². The lowest BCUT2D eigenvalue weighted by Crippen LogP contribution is -2.27. The highest BCUT2D eigenvalue weighted by atomic mass is 79.9. The Bertz CT molecular complexity index is 418. The number of aryl methyl sites for hydroxylation is 1. The second-order valence-corrected chi connectivity index (χ2v) is 4.78. The molecule has 0 saturated heterocycles. The van der Waals surface area contributed by atoms with Crippen LogP contribution in [-0.2, 0) is 4.74 Å². The van der Waals surface area contributed by atoms with E-state index < -0.39 is 0 Å². The topological polar surface area (TPSA) is 38.3 Å². The number of carbonyl (C=O) groups is 1. The SMILES string of the molecule is C=CCCOCCNC(=O)c1cc(C)ccc1Br. The van der Waals surface area contributed by atoms with Gasteiger partial charge in [0.1, 0.15) is 0 Å². The van der Waals surface area contributed by atoms with Crippen molar-refractivity contribution in [3.8, 4) is 0 Å². The average Bonchev–Trinajstić information content (AvgIpc) is 2.36. The maximum atomic E-state index is 11.9. The quantitative estimate of drug-likeness (QED) is 0.621. The molecule has 18 heavy (non-hydrogen) atoms. The molecule has 0 radical (unpaired) electrons.